The molecule has 1 unspecified atom stereocenters. The second-order valence-electron chi connectivity index (χ2n) is 6.35. The van der Waals surface area contributed by atoms with Crippen LogP contribution < -0.4 is 15.5 Å². The summed E-state index contributed by atoms with van der Waals surface area (Å²) in [5.41, 5.74) is 2.79. The molecule has 0 fully saturated rings. The minimum atomic E-state index is -0.853. The number of likely N-dealkylation sites (N-methyl/N-ethyl adjacent to an activating group) is 3. The molecule has 0 saturated heterocycles. The lowest BCUT2D eigenvalue weighted by molar-refractivity contribution is 0.0952. The zero-order valence-corrected chi connectivity index (χ0v) is 16.4. The number of benzene rings is 1. The van der Waals surface area contributed by atoms with E-state index in [0.29, 0.717) is 16.2 Å². The molecule has 0 spiro atoms. The summed E-state index contributed by atoms with van der Waals surface area (Å²) in [6, 6.07) is 3.53. The number of amides is 1. The Hall–Kier alpha value is -1.60. The molecular formula is C18H29ClN4O2. The van der Waals surface area contributed by atoms with Gasteiger partial charge >= 0.3 is 0 Å². The summed E-state index contributed by atoms with van der Waals surface area (Å²) >= 11 is 6.22. The van der Waals surface area contributed by atoms with Gasteiger partial charge < -0.3 is 20.2 Å². The van der Waals surface area contributed by atoms with Crippen molar-refractivity contribution in [2.24, 2.45) is 0 Å². The number of carbonyl (C=O) groups excluding carboxylic acids is 1. The van der Waals surface area contributed by atoms with Crippen LogP contribution in [0.4, 0.5) is 5.69 Å². The smallest absolute Gasteiger partial charge is 0.251 e. The summed E-state index contributed by atoms with van der Waals surface area (Å²) in [5, 5.41) is 15.6. The summed E-state index contributed by atoms with van der Waals surface area (Å²) in [6.45, 7) is 7.55. The normalized spacial score (nSPS) is 12.2. The topological polar surface area (TPSA) is 67.8 Å². The van der Waals surface area contributed by atoms with Gasteiger partial charge in [-0.1, -0.05) is 18.2 Å². The van der Waals surface area contributed by atoms with Crippen LogP contribution in [0.2, 0.25) is 5.02 Å². The Morgan fingerprint density at radius 2 is 1.96 bits per heavy atom. The third-order valence-corrected chi connectivity index (χ3v) is 4.24. The highest BCUT2D eigenvalue weighted by molar-refractivity contribution is 6.31. The monoisotopic (exact) mass is 368 g/mol. The van der Waals surface area contributed by atoms with E-state index < -0.39 is 6.23 Å². The van der Waals surface area contributed by atoms with Crippen LogP contribution in [0.15, 0.2) is 24.3 Å². The molecule has 0 radical (unpaired) electrons. The summed E-state index contributed by atoms with van der Waals surface area (Å²) in [5.74, 6) is -0.244. The van der Waals surface area contributed by atoms with Crippen LogP contribution in [-0.4, -0.2) is 70.0 Å². The Bertz CT molecular complexity index is 619. The lowest BCUT2D eigenvalue weighted by Crippen LogP contribution is -2.34. The van der Waals surface area contributed by atoms with Gasteiger partial charge in [-0.15, -0.1) is 0 Å². The van der Waals surface area contributed by atoms with E-state index in [-0.39, 0.29) is 12.5 Å². The van der Waals surface area contributed by atoms with Crippen molar-refractivity contribution in [1.29, 1.82) is 0 Å². The fraction of sp³-hybridized carbons (Fsp3) is 0.500. The summed E-state index contributed by atoms with van der Waals surface area (Å²) in [6.07, 6.45) is -0.853. The van der Waals surface area contributed by atoms with Crippen molar-refractivity contribution in [3.05, 3.63) is 40.4 Å². The predicted octanol–water partition coefficient (Wildman–Crippen LogP) is 1.47. The summed E-state index contributed by atoms with van der Waals surface area (Å²) in [7, 11) is 7.64. The van der Waals surface area contributed by atoms with Gasteiger partial charge in [0.1, 0.15) is 6.23 Å². The molecule has 1 amide bonds. The van der Waals surface area contributed by atoms with E-state index in [0.717, 1.165) is 24.3 Å². The van der Waals surface area contributed by atoms with Gasteiger partial charge in [0.25, 0.3) is 5.91 Å². The van der Waals surface area contributed by atoms with E-state index in [2.05, 4.69) is 27.0 Å². The molecule has 0 aliphatic heterocycles. The third kappa shape index (κ3) is 6.32. The van der Waals surface area contributed by atoms with E-state index in [4.69, 9.17) is 11.6 Å². The number of aliphatic hydroxyl groups is 1. The first kappa shape index (κ1) is 21.4. The third-order valence-electron chi connectivity index (χ3n) is 4.02. The molecule has 25 heavy (non-hydrogen) atoms. The second-order valence-corrected chi connectivity index (χ2v) is 6.79. The van der Waals surface area contributed by atoms with Gasteiger partial charge in [-0.3, -0.25) is 10.1 Å². The Kier molecular flexibility index (Phi) is 8.38. The number of rotatable bonds is 9. The Labute approximate surface area is 155 Å². The van der Waals surface area contributed by atoms with Gasteiger partial charge in [-0.25, -0.2) is 0 Å². The Balaban J connectivity index is 2.93. The first-order valence-corrected chi connectivity index (χ1v) is 8.52. The van der Waals surface area contributed by atoms with Crippen LogP contribution in [-0.2, 0) is 0 Å². The highest BCUT2D eigenvalue weighted by Crippen LogP contribution is 2.27. The molecule has 6 nitrogen and oxygen atoms in total. The lowest BCUT2D eigenvalue weighted by atomic mass is 10.0. The van der Waals surface area contributed by atoms with Crippen molar-refractivity contribution in [1.82, 2.24) is 15.5 Å². The average Bonchev–Trinajstić information content (AvgIpc) is 2.57. The lowest BCUT2D eigenvalue weighted by Gasteiger charge is -2.25. The molecule has 1 aromatic rings. The number of anilines is 1. The van der Waals surface area contributed by atoms with Crippen molar-refractivity contribution >= 4 is 23.2 Å². The predicted molar refractivity (Wildman–Crippen MR) is 105 cm³/mol. The molecular weight excluding hydrogens is 340 g/mol. The van der Waals surface area contributed by atoms with Gasteiger partial charge in [0.2, 0.25) is 0 Å². The molecule has 0 heterocycles. The zero-order valence-electron chi connectivity index (χ0n) is 15.7. The molecule has 1 aromatic carbocycles. The summed E-state index contributed by atoms with van der Waals surface area (Å²) < 4.78 is 0. The van der Waals surface area contributed by atoms with E-state index >= 15 is 0 Å². The quantitative estimate of drug-likeness (QED) is 0.455. The molecule has 1 rings (SSSR count). The maximum atomic E-state index is 12.5. The Morgan fingerprint density at radius 3 is 2.52 bits per heavy atom. The van der Waals surface area contributed by atoms with Crippen LogP contribution in [0.3, 0.4) is 0 Å². The Morgan fingerprint density at radius 1 is 1.32 bits per heavy atom. The number of halogens is 1. The van der Waals surface area contributed by atoms with Crippen LogP contribution in [0.1, 0.15) is 15.9 Å². The number of aliphatic hydroxyl groups excluding tert-OH is 1. The maximum absolute atomic E-state index is 12.5. The van der Waals surface area contributed by atoms with Crippen molar-refractivity contribution in [3.8, 4) is 0 Å². The minimum Gasteiger partial charge on any atom is -0.375 e. The second kappa shape index (κ2) is 9.77. The van der Waals surface area contributed by atoms with Gasteiger partial charge in [0.05, 0.1) is 0 Å². The molecule has 0 aliphatic carbocycles. The van der Waals surface area contributed by atoms with E-state index in [1.54, 1.807) is 13.1 Å². The molecule has 0 aliphatic rings. The average molecular weight is 369 g/mol. The number of hydrogen-bond acceptors (Lipinski definition) is 5. The van der Waals surface area contributed by atoms with Crippen LogP contribution in [0, 0.1) is 6.92 Å². The summed E-state index contributed by atoms with van der Waals surface area (Å²) in [4.78, 5) is 16.7. The van der Waals surface area contributed by atoms with Gasteiger partial charge in [-0.05, 0) is 51.3 Å². The minimum absolute atomic E-state index is 0.179. The molecule has 1 atom stereocenters. The van der Waals surface area contributed by atoms with Crippen molar-refractivity contribution in [2.75, 3.05) is 52.7 Å². The SMILES string of the molecule is C=C(CNC(=O)c1cc(Cl)cc(N(C)CCN(C)C)c1C)C(O)NC. The van der Waals surface area contributed by atoms with Crippen molar-refractivity contribution in [2.45, 2.75) is 13.2 Å². The molecule has 3 N–H and O–H groups in total. The van der Waals surface area contributed by atoms with Gasteiger partial charge in [0, 0.05) is 43.0 Å². The molecule has 0 bridgehead atoms. The largest absolute Gasteiger partial charge is 0.375 e. The maximum Gasteiger partial charge on any atom is 0.251 e. The molecule has 0 aromatic heterocycles. The van der Waals surface area contributed by atoms with E-state index in [1.807, 2.05) is 34.1 Å². The van der Waals surface area contributed by atoms with Crippen LogP contribution >= 0.6 is 11.6 Å². The van der Waals surface area contributed by atoms with Gasteiger partial charge in [-0.2, -0.15) is 0 Å². The highest BCUT2D eigenvalue weighted by atomic mass is 35.5. The zero-order chi connectivity index (χ0) is 19.1. The standard InChI is InChI=1S/C18H29ClN4O2/c1-12(17(24)20-3)11-21-18(25)15-9-14(19)10-16(13(15)2)23(6)8-7-22(4)5/h9-10,17,20,24H,1,7-8,11H2,2-6H3,(H,21,25). The van der Waals surface area contributed by atoms with Crippen molar-refractivity contribution in [3.63, 3.8) is 0 Å². The fourth-order valence-electron chi connectivity index (χ4n) is 2.36. The number of carbonyl (C=O) groups is 1. The van der Waals surface area contributed by atoms with E-state index in [1.165, 1.54) is 0 Å². The molecule has 7 heteroatoms. The highest BCUT2D eigenvalue weighted by Gasteiger charge is 2.17. The number of hydrogen-bond donors (Lipinski definition) is 3. The van der Waals surface area contributed by atoms with Gasteiger partial charge in [0.15, 0.2) is 0 Å². The molecule has 140 valence electrons. The van der Waals surface area contributed by atoms with E-state index in [9.17, 15) is 9.90 Å². The fourth-order valence-corrected chi connectivity index (χ4v) is 2.57. The van der Waals surface area contributed by atoms with Crippen LogP contribution in [0.25, 0.3) is 0 Å². The first-order valence-electron chi connectivity index (χ1n) is 8.14. The van der Waals surface area contributed by atoms with Crippen LogP contribution in [0.5, 0.6) is 0 Å². The number of nitrogens with zero attached hydrogens (tertiary/aromatic N) is 2. The number of nitrogens with one attached hydrogen (secondary N) is 2. The molecule has 0 saturated carbocycles. The van der Waals surface area contributed by atoms with Crippen molar-refractivity contribution < 1.29 is 9.90 Å². The first-order chi connectivity index (χ1) is 11.7.